The quantitative estimate of drug-likeness (QED) is 0.673. The molecule has 2 aromatic rings. The second kappa shape index (κ2) is 10.2. The van der Waals surface area contributed by atoms with E-state index in [2.05, 4.69) is 10.6 Å². The molecule has 2 N–H and O–H groups in total. The molecule has 0 bridgehead atoms. The average Bonchev–Trinajstić information content (AvgIpc) is 2.74. The topological polar surface area (TPSA) is 95.1 Å². The van der Waals surface area contributed by atoms with E-state index < -0.39 is 17.9 Å². The summed E-state index contributed by atoms with van der Waals surface area (Å²) in [4.78, 5) is 24.5. The van der Waals surface area contributed by atoms with Gasteiger partial charge >= 0.3 is 11.8 Å². The molecular weight excluding hydrogens is 364 g/mol. The third kappa shape index (κ3) is 5.14. The van der Waals surface area contributed by atoms with Gasteiger partial charge in [0.2, 0.25) is 0 Å². The summed E-state index contributed by atoms with van der Waals surface area (Å²) in [5.41, 5.74) is 1.10. The van der Waals surface area contributed by atoms with Crippen LogP contribution in [0.5, 0.6) is 17.2 Å². The van der Waals surface area contributed by atoms with E-state index in [0.717, 1.165) is 5.56 Å². The first-order valence-electron chi connectivity index (χ1n) is 8.51. The zero-order chi connectivity index (χ0) is 20.5. The van der Waals surface area contributed by atoms with Gasteiger partial charge in [-0.1, -0.05) is 18.2 Å². The molecule has 1 atom stereocenters. The van der Waals surface area contributed by atoms with Crippen molar-refractivity contribution >= 4 is 17.5 Å². The molecule has 0 aliphatic rings. The van der Waals surface area contributed by atoms with Crippen LogP contribution in [0, 0.1) is 0 Å². The van der Waals surface area contributed by atoms with E-state index in [1.54, 1.807) is 31.4 Å². The summed E-state index contributed by atoms with van der Waals surface area (Å²) in [7, 11) is 6.04. The maximum Gasteiger partial charge on any atom is 0.313 e. The number of carbonyl (C=O) groups is 2. The van der Waals surface area contributed by atoms with Crippen molar-refractivity contribution in [3.8, 4) is 17.2 Å². The number of nitrogens with one attached hydrogen (secondary N) is 2. The van der Waals surface area contributed by atoms with Crippen LogP contribution >= 0.6 is 0 Å². The van der Waals surface area contributed by atoms with Crippen LogP contribution in [0.2, 0.25) is 0 Å². The smallest absolute Gasteiger partial charge is 0.313 e. The van der Waals surface area contributed by atoms with Gasteiger partial charge in [0.25, 0.3) is 0 Å². The number of para-hydroxylation sites is 1. The number of methoxy groups -OCH3 is 4. The second-order valence-electron chi connectivity index (χ2n) is 5.70. The predicted octanol–water partition coefficient (Wildman–Crippen LogP) is 2.15. The molecule has 2 aromatic carbocycles. The molecule has 8 heteroatoms. The van der Waals surface area contributed by atoms with Crippen molar-refractivity contribution in [3.63, 3.8) is 0 Å². The van der Waals surface area contributed by atoms with Gasteiger partial charge in [-0.25, -0.2) is 0 Å². The summed E-state index contributed by atoms with van der Waals surface area (Å²) in [6, 6.07) is 12.2. The molecule has 0 spiro atoms. The molecule has 0 saturated carbocycles. The maximum absolute atomic E-state index is 12.3. The molecule has 0 heterocycles. The molecule has 8 nitrogen and oxygen atoms in total. The third-order valence-electron chi connectivity index (χ3n) is 4.08. The van der Waals surface area contributed by atoms with E-state index in [4.69, 9.17) is 18.9 Å². The molecule has 0 aromatic heterocycles. The summed E-state index contributed by atoms with van der Waals surface area (Å²) >= 11 is 0. The third-order valence-corrected chi connectivity index (χ3v) is 4.08. The van der Waals surface area contributed by atoms with E-state index in [1.165, 1.54) is 21.3 Å². The van der Waals surface area contributed by atoms with Crippen molar-refractivity contribution in [2.75, 3.05) is 40.3 Å². The molecule has 2 amide bonds. The van der Waals surface area contributed by atoms with Crippen molar-refractivity contribution in [1.29, 1.82) is 0 Å². The molecule has 0 aliphatic heterocycles. The van der Waals surface area contributed by atoms with Gasteiger partial charge in [0.05, 0.1) is 27.0 Å². The number of amides is 2. The van der Waals surface area contributed by atoms with Crippen LogP contribution in [-0.4, -0.2) is 46.8 Å². The molecule has 0 aliphatic carbocycles. The van der Waals surface area contributed by atoms with Gasteiger partial charge in [-0.15, -0.1) is 0 Å². The molecule has 150 valence electrons. The highest BCUT2D eigenvalue weighted by Crippen LogP contribution is 2.29. The van der Waals surface area contributed by atoms with Gasteiger partial charge < -0.3 is 29.6 Å². The van der Waals surface area contributed by atoms with Crippen LogP contribution < -0.4 is 24.8 Å². The molecule has 0 fully saturated rings. The second-order valence-corrected chi connectivity index (χ2v) is 5.70. The van der Waals surface area contributed by atoms with Crippen LogP contribution in [0.25, 0.3) is 0 Å². The summed E-state index contributed by atoms with van der Waals surface area (Å²) in [5, 5.41) is 5.08. The molecule has 1 unspecified atom stereocenters. The number of anilines is 1. The average molecular weight is 388 g/mol. The fourth-order valence-electron chi connectivity index (χ4n) is 2.61. The first-order valence-corrected chi connectivity index (χ1v) is 8.51. The van der Waals surface area contributed by atoms with Crippen molar-refractivity contribution in [2.45, 2.75) is 6.10 Å². The Bertz CT molecular complexity index is 824. The Kier molecular flexibility index (Phi) is 7.65. The Morgan fingerprint density at radius 1 is 0.893 bits per heavy atom. The van der Waals surface area contributed by atoms with Gasteiger partial charge in [-0.05, 0) is 18.2 Å². The number of hydrogen-bond acceptors (Lipinski definition) is 6. The van der Waals surface area contributed by atoms with Crippen LogP contribution in [0.3, 0.4) is 0 Å². The first kappa shape index (κ1) is 21.0. The van der Waals surface area contributed by atoms with E-state index in [-0.39, 0.29) is 6.54 Å². The lowest BCUT2D eigenvalue weighted by Gasteiger charge is -2.19. The SMILES string of the molecule is COc1ccc(OC)c(NC(=O)C(=O)NCC(OC)c2ccccc2OC)c1. The van der Waals surface area contributed by atoms with E-state index >= 15 is 0 Å². The molecule has 0 saturated heterocycles. The van der Waals surface area contributed by atoms with Crippen molar-refractivity contribution in [3.05, 3.63) is 48.0 Å². The Labute approximate surface area is 163 Å². The lowest BCUT2D eigenvalue weighted by atomic mass is 10.1. The van der Waals surface area contributed by atoms with Crippen LogP contribution in [0.15, 0.2) is 42.5 Å². The number of benzene rings is 2. The summed E-state index contributed by atoms with van der Waals surface area (Å²) in [6.07, 6.45) is -0.473. The minimum atomic E-state index is -0.832. The first-order chi connectivity index (χ1) is 13.5. The minimum absolute atomic E-state index is 0.0956. The Morgan fingerprint density at radius 2 is 1.61 bits per heavy atom. The largest absolute Gasteiger partial charge is 0.497 e. The molecule has 2 rings (SSSR count). The van der Waals surface area contributed by atoms with Crippen LogP contribution in [0.4, 0.5) is 5.69 Å². The highest BCUT2D eigenvalue weighted by atomic mass is 16.5. The van der Waals surface area contributed by atoms with Crippen molar-refractivity contribution in [2.24, 2.45) is 0 Å². The monoisotopic (exact) mass is 388 g/mol. The van der Waals surface area contributed by atoms with E-state index in [0.29, 0.717) is 22.9 Å². The Balaban J connectivity index is 2.03. The van der Waals surface area contributed by atoms with Gasteiger partial charge in [-0.2, -0.15) is 0 Å². The Morgan fingerprint density at radius 3 is 2.25 bits per heavy atom. The number of rotatable bonds is 8. The zero-order valence-corrected chi connectivity index (χ0v) is 16.3. The van der Waals surface area contributed by atoms with E-state index in [1.807, 2.05) is 18.2 Å². The fourth-order valence-corrected chi connectivity index (χ4v) is 2.61. The fraction of sp³-hybridized carbons (Fsp3) is 0.300. The summed E-state index contributed by atoms with van der Waals surface area (Å²) < 4.78 is 21.1. The normalized spacial score (nSPS) is 11.3. The van der Waals surface area contributed by atoms with Crippen LogP contribution in [0.1, 0.15) is 11.7 Å². The van der Waals surface area contributed by atoms with Crippen molar-refractivity contribution in [1.82, 2.24) is 5.32 Å². The number of hydrogen-bond donors (Lipinski definition) is 2. The lowest BCUT2D eigenvalue weighted by Crippen LogP contribution is -2.38. The highest BCUT2D eigenvalue weighted by molar-refractivity contribution is 6.39. The molecule has 28 heavy (non-hydrogen) atoms. The van der Waals surface area contributed by atoms with Gasteiger partial charge in [0, 0.05) is 25.3 Å². The summed E-state index contributed by atoms with van der Waals surface area (Å²) in [6.45, 7) is 0.0956. The summed E-state index contributed by atoms with van der Waals surface area (Å²) in [5.74, 6) is -0.0738. The van der Waals surface area contributed by atoms with Crippen LogP contribution in [-0.2, 0) is 14.3 Å². The standard InChI is InChI=1S/C20H24N2O6/c1-25-13-9-10-17(27-3)15(11-13)22-20(24)19(23)21-12-18(28-4)14-7-5-6-8-16(14)26-2/h5-11,18H,12H2,1-4H3,(H,21,23)(H,22,24). The lowest BCUT2D eigenvalue weighted by molar-refractivity contribution is -0.136. The molecule has 0 radical (unpaired) electrons. The maximum atomic E-state index is 12.3. The number of ether oxygens (including phenoxy) is 4. The van der Waals surface area contributed by atoms with Gasteiger partial charge in [-0.3, -0.25) is 9.59 Å². The van der Waals surface area contributed by atoms with Gasteiger partial charge in [0.1, 0.15) is 23.4 Å². The predicted molar refractivity (Wildman–Crippen MR) is 104 cm³/mol. The van der Waals surface area contributed by atoms with Crippen molar-refractivity contribution < 1.29 is 28.5 Å². The van der Waals surface area contributed by atoms with Gasteiger partial charge in [0.15, 0.2) is 0 Å². The Hall–Kier alpha value is -3.26. The number of carbonyl (C=O) groups excluding carboxylic acids is 2. The minimum Gasteiger partial charge on any atom is -0.497 e. The highest BCUT2D eigenvalue weighted by Gasteiger charge is 2.20. The zero-order valence-electron chi connectivity index (χ0n) is 16.3. The molecular formula is C20H24N2O6. The van der Waals surface area contributed by atoms with E-state index in [9.17, 15) is 9.59 Å².